The van der Waals surface area contributed by atoms with Gasteiger partial charge in [-0.1, -0.05) is 17.7 Å². The van der Waals surface area contributed by atoms with Crippen LogP contribution in [0, 0.1) is 22.5 Å². The fourth-order valence-corrected chi connectivity index (χ4v) is 1.54. The van der Waals surface area contributed by atoms with E-state index in [1.54, 1.807) is 6.07 Å². The van der Waals surface area contributed by atoms with Crippen LogP contribution >= 0.6 is 11.6 Å². The van der Waals surface area contributed by atoms with E-state index in [1.807, 2.05) is 6.92 Å². The van der Waals surface area contributed by atoms with Gasteiger partial charge in [0.25, 0.3) is 5.69 Å². The highest BCUT2D eigenvalue weighted by Gasteiger charge is 2.12. The number of terminal acetylenes is 1. The molecule has 1 unspecified atom stereocenters. The van der Waals surface area contributed by atoms with E-state index < -0.39 is 4.92 Å². The maximum Gasteiger partial charge on any atom is 0.288 e. The molecule has 0 spiro atoms. The minimum absolute atomic E-state index is 0.0735. The lowest BCUT2D eigenvalue weighted by Crippen LogP contribution is -2.24. The minimum Gasteiger partial charge on any atom is -0.309 e. The topological polar surface area (TPSA) is 55.2 Å². The Morgan fingerprint density at radius 3 is 2.94 bits per heavy atom. The third-order valence-electron chi connectivity index (χ3n) is 2.29. The number of nitro groups is 1. The van der Waals surface area contributed by atoms with Crippen LogP contribution in [0.2, 0.25) is 5.02 Å². The number of hydrogen-bond donors (Lipinski definition) is 1. The molecule has 1 atom stereocenters. The molecule has 0 amide bonds. The normalized spacial score (nSPS) is 11.8. The summed E-state index contributed by atoms with van der Waals surface area (Å²) in [6.07, 6.45) is 5.81. The average Bonchev–Trinajstić information content (AvgIpc) is 2.28. The Labute approximate surface area is 105 Å². The van der Waals surface area contributed by atoms with Crippen LogP contribution in [0.3, 0.4) is 0 Å². The summed E-state index contributed by atoms with van der Waals surface area (Å²) in [5.74, 6) is 2.55. The van der Waals surface area contributed by atoms with Gasteiger partial charge in [0.05, 0.1) is 4.92 Å². The van der Waals surface area contributed by atoms with E-state index in [9.17, 15) is 10.1 Å². The molecule has 4 nitrogen and oxygen atoms in total. The highest BCUT2D eigenvalue weighted by molar-refractivity contribution is 6.32. The van der Waals surface area contributed by atoms with Crippen LogP contribution in [0.25, 0.3) is 0 Å². The van der Waals surface area contributed by atoms with E-state index in [0.717, 1.165) is 5.56 Å². The van der Waals surface area contributed by atoms with Gasteiger partial charge in [0.1, 0.15) is 5.02 Å². The Hall–Kier alpha value is -1.57. The summed E-state index contributed by atoms with van der Waals surface area (Å²) in [6.45, 7) is 2.49. The van der Waals surface area contributed by atoms with Crippen LogP contribution in [-0.4, -0.2) is 11.0 Å². The summed E-state index contributed by atoms with van der Waals surface area (Å²) in [7, 11) is 0. The predicted octanol–water partition coefficient (Wildman–Crippen LogP) is 2.75. The second kappa shape index (κ2) is 6.24. The molecule has 1 aromatic rings. The first-order chi connectivity index (χ1) is 8.04. The van der Waals surface area contributed by atoms with E-state index in [-0.39, 0.29) is 16.8 Å². The van der Waals surface area contributed by atoms with Gasteiger partial charge in [-0.2, -0.15) is 0 Å². The molecule has 0 radical (unpaired) electrons. The van der Waals surface area contributed by atoms with Gasteiger partial charge >= 0.3 is 0 Å². The lowest BCUT2D eigenvalue weighted by molar-refractivity contribution is -0.384. The first kappa shape index (κ1) is 13.5. The third kappa shape index (κ3) is 4.06. The quantitative estimate of drug-likeness (QED) is 0.498. The summed E-state index contributed by atoms with van der Waals surface area (Å²) in [5.41, 5.74) is 0.737. The summed E-state index contributed by atoms with van der Waals surface area (Å²) in [4.78, 5) is 10.2. The van der Waals surface area contributed by atoms with Crippen molar-refractivity contribution in [2.24, 2.45) is 0 Å². The van der Waals surface area contributed by atoms with Crippen LogP contribution in [0.5, 0.6) is 0 Å². The van der Waals surface area contributed by atoms with Crippen LogP contribution in [0.4, 0.5) is 5.69 Å². The molecule has 0 saturated carbocycles. The van der Waals surface area contributed by atoms with Crippen molar-refractivity contribution in [3.8, 4) is 12.3 Å². The Bertz CT molecular complexity index is 454. The van der Waals surface area contributed by atoms with Crippen molar-refractivity contribution in [1.82, 2.24) is 5.32 Å². The van der Waals surface area contributed by atoms with Crippen molar-refractivity contribution >= 4 is 17.3 Å². The molecule has 0 aliphatic carbocycles. The molecule has 0 aliphatic heterocycles. The van der Waals surface area contributed by atoms with E-state index >= 15 is 0 Å². The lowest BCUT2D eigenvalue weighted by Gasteiger charge is -2.10. The molecule has 1 N–H and O–H groups in total. The molecule has 1 rings (SSSR count). The lowest BCUT2D eigenvalue weighted by atomic mass is 10.1. The number of rotatable bonds is 5. The molecule has 0 saturated heterocycles. The van der Waals surface area contributed by atoms with Crippen LogP contribution in [-0.2, 0) is 6.54 Å². The summed E-state index contributed by atoms with van der Waals surface area (Å²) in [6, 6.07) is 4.93. The van der Waals surface area contributed by atoms with Gasteiger partial charge in [-0.15, -0.1) is 12.3 Å². The zero-order chi connectivity index (χ0) is 12.8. The number of halogens is 1. The molecular formula is C12H13ClN2O2. The van der Waals surface area contributed by atoms with Gasteiger partial charge in [-0.25, -0.2) is 0 Å². The Kier molecular flexibility index (Phi) is 4.95. The van der Waals surface area contributed by atoms with Crippen molar-refractivity contribution in [3.63, 3.8) is 0 Å². The Morgan fingerprint density at radius 2 is 2.35 bits per heavy atom. The SMILES string of the molecule is C#CCC(C)NCc1ccc(Cl)c([N+](=O)[O-])c1. The predicted molar refractivity (Wildman–Crippen MR) is 67.9 cm³/mol. The Balaban J connectivity index is 2.70. The zero-order valence-corrected chi connectivity index (χ0v) is 10.2. The highest BCUT2D eigenvalue weighted by Crippen LogP contribution is 2.24. The molecule has 0 fully saturated rings. The molecule has 0 aliphatic rings. The maximum absolute atomic E-state index is 10.7. The molecule has 5 heteroatoms. The molecule has 90 valence electrons. The maximum atomic E-state index is 10.7. The Morgan fingerprint density at radius 1 is 1.65 bits per heavy atom. The summed E-state index contributed by atoms with van der Waals surface area (Å²) >= 11 is 5.72. The fourth-order valence-electron chi connectivity index (χ4n) is 1.35. The number of nitrogens with one attached hydrogen (secondary N) is 1. The van der Waals surface area contributed by atoms with Gasteiger partial charge < -0.3 is 5.32 Å². The third-order valence-corrected chi connectivity index (χ3v) is 2.61. The van der Waals surface area contributed by atoms with E-state index in [0.29, 0.717) is 13.0 Å². The van der Waals surface area contributed by atoms with Crippen LogP contribution in [0.15, 0.2) is 18.2 Å². The van der Waals surface area contributed by atoms with Crippen LogP contribution in [0.1, 0.15) is 18.9 Å². The molecule has 0 bridgehead atoms. The van der Waals surface area contributed by atoms with Gasteiger partial charge in [0, 0.05) is 25.1 Å². The van der Waals surface area contributed by atoms with E-state index in [4.69, 9.17) is 18.0 Å². The fraction of sp³-hybridized carbons (Fsp3) is 0.333. The smallest absolute Gasteiger partial charge is 0.288 e. The average molecular weight is 253 g/mol. The first-order valence-electron chi connectivity index (χ1n) is 5.14. The number of benzene rings is 1. The van der Waals surface area contributed by atoms with Gasteiger partial charge in [-0.3, -0.25) is 10.1 Å². The first-order valence-corrected chi connectivity index (χ1v) is 5.52. The minimum atomic E-state index is -0.489. The van der Waals surface area contributed by atoms with Crippen molar-refractivity contribution < 1.29 is 4.92 Å². The van der Waals surface area contributed by atoms with E-state index in [2.05, 4.69) is 11.2 Å². The number of nitrogens with zero attached hydrogens (tertiary/aromatic N) is 1. The molecule has 0 heterocycles. The van der Waals surface area contributed by atoms with Gasteiger partial charge in [0.15, 0.2) is 0 Å². The number of nitro benzene ring substituents is 1. The van der Waals surface area contributed by atoms with Gasteiger partial charge in [0.2, 0.25) is 0 Å². The van der Waals surface area contributed by atoms with Gasteiger partial charge in [-0.05, 0) is 18.6 Å². The van der Waals surface area contributed by atoms with Crippen molar-refractivity contribution in [1.29, 1.82) is 0 Å². The molecular weight excluding hydrogens is 240 g/mol. The molecule has 1 aromatic carbocycles. The largest absolute Gasteiger partial charge is 0.309 e. The second-order valence-electron chi connectivity index (χ2n) is 3.73. The van der Waals surface area contributed by atoms with Crippen molar-refractivity contribution in [2.75, 3.05) is 0 Å². The van der Waals surface area contributed by atoms with Crippen molar-refractivity contribution in [2.45, 2.75) is 25.9 Å². The molecule has 17 heavy (non-hydrogen) atoms. The second-order valence-corrected chi connectivity index (χ2v) is 4.14. The van der Waals surface area contributed by atoms with Crippen molar-refractivity contribution in [3.05, 3.63) is 38.9 Å². The summed E-state index contributed by atoms with van der Waals surface area (Å²) < 4.78 is 0. The highest BCUT2D eigenvalue weighted by atomic mass is 35.5. The molecule has 0 aromatic heterocycles. The zero-order valence-electron chi connectivity index (χ0n) is 9.44. The number of hydrogen-bond acceptors (Lipinski definition) is 3. The monoisotopic (exact) mass is 252 g/mol. The van der Waals surface area contributed by atoms with Crippen LogP contribution < -0.4 is 5.32 Å². The van der Waals surface area contributed by atoms with E-state index in [1.165, 1.54) is 12.1 Å². The standard InChI is InChI=1S/C12H13ClN2O2/c1-3-4-9(2)14-8-10-5-6-11(13)12(7-10)15(16)17/h1,5-7,9,14H,4,8H2,2H3. The summed E-state index contributed by atoms with van der Waals surface area (Å²) in [5, 5.41) is 14.0.